The van der Waals surface area contributed by atoms with Crippen LogP contribution < -0.4 is 11.3 Å². The minimum absolute atomic E-state index is 0.0470. The van der Waals surface area contributed by atoms with Crippen LogP contribution in [0.1, 0.15) is 50.4 Å². The number of rotatable bonds is 6. The van der Waals surface area contributed by atoms with Gasteiger partial charge in [0, 0.05) is 29.4 Å². The summed E-state index contributed by atoms with van der Waals surface area (Å²) in [7, 11) is 0. The van der Waals surface area contributed by atoms with Crippen LogP contribution in [0.15, 0.2) is 16.9 Å². The molecule has 0 aromatic carbocycles. The molecule has 0 unspecified atom stereocenters. The Kier molecular flexibility index (Phi) is 4.37. The highest BCUT2D eigenvalue weighted by Gasteiger charge is 2.12. The van der Waals surface area contributed by atoms with Crippen LogP contribution in [0, 0.1) is 0 Å². The molecule has 0 saturated carbocycles. The van der Waals surface area contributed by atoms with Crippen LogP contribution in [0.25, 0.3) is 5.65 Å². The number of aromatic nitrogens is 3. The summed E-state index contributed by atoms with van der Waals surface area (Å²) in [5, 5.41) is 3.17. The first kappa shape index (κ1) is 13.8. The average Bonchev–Trinajstić information content (AvgIpc) is 2.82. The van der Waals surface area contributed by atoms with E-state index in [9.17, 15) is 4.79 Å². The third-order valence-corrected chi connectivity index (χ3v) is 3.59. The van der Waals surface area contributed by atoms with Crippen molar-refractivity contribution in [3.05, 3.63) is 33.9 Å². The van der Waals surface area contributed by atoms with Crippen molar-refractivity contribution in [1.82, 2.24) is 14.6 Å². The summed E-state index contributed by atoms with van der Waals surface area (Å²) in [5.74, 6) is 0.452. The number of hydrogen-bond donors (Lipinski definition) is 2. The molecule has 104 valence electrons. The second kappa shape index (κ2) is 6.02. The van der Waals surface area contributed by atoms with E-state index in [1.54, 1.807) is 6.07 Å². The van der Waals surface area contributed by atoms with Crippen LogP contribution in [-0.4, -0.2) is 21.1 Å². The van der Waals surface area contributed by atoms with Crippen LogP contribution in [0.3, 0.4) is 0 Å². The van der Waals surface area contributed by atoms with Gasteiger partial charge in [-0.3, -0.25) is 9.89 Å². The van der Waals surface area contributed by atoms with Gasteiger partial charge in [-0.15, -0.1) is 0 Å². The average molecular weight is 262 g/mol. The number of H-pyrrole nitrogens is 1. The van der Waals surface area contributed by atoms with E-state index in [0.717, 1.165) is 37.1 Å². The molecular formula is C14H22N4O. The van der Waals surface area contributed by atoms with Crippen molar-refractivity contribution in [3.63, 3.8) is 0 Å². The van der Waals surface area contributed by atoms with Crippen LogP contribution >= 0.6 is 0 Å². The van der Waals surface area contributed by atoms with Crippen molar-refractivity contribution in [3.8, 4) is 0 Å². The van der Waals surface area contributed by atoms with Crippen molar-refractivity contribution in [1.29, 1.82) is 0 Å². The Hall–Kier alpha value is -1.62. The number of nitrogens with one attached hydrogen (secondary N) is 1. The summed E-state index contributed by atoms with van der Waals surface area (Å²) in [4.78, 5) is 16.6. The maximum Gasteiger partial charge on any atom is 0.272 e. The molecule has 2 aromatic rings. The Morgan fingerprint density at radius 2 is 2.11 bits per heavy atom. The highest BCUT2D eigenvalue weighted by molar-refractivity contribution is 5.40. The topological polar surface area (TPSA) is 76.2 Å². The molecule has 0 bridgehead atoms. The lowest BCUT2D eigenvalue weighted by atomic mass is 10.00. The van der Waals surface area contributed by atoms with Crippen molar-refractivity contribution in [2.75, 3.05) is 6.54 Å². The third-order valence-electron chi connectivity index (χ3n) is 3.59. The van der Waals surface area contributed by atoms with Gasteiger partial charge in [-0.05, 0) is 32.2 Å². The first-order valence-electron chi connectivity index (χ1n) is 7.01. The van der Waals surface area contributed by atoms with Crippen molar-refractivity contribution < 1.29 is 0 Å². The van der Waals surface area contributed by atoms with Gasteiger partial charge in [0.15, 0.2) is 5.65 Å². The molecule has 0 fully saturated rings. The van der Waals surface area contributed by atoms with E-state index in [4.69, 9.17) is 5.73 Å². The summed E-state index contributed by atoms with van der Waals surface area (Å²) >= 11 is 0. The lowest BCUT2D eigenvalue weighted by molar-refractivity contribution is 0.615. The molecule has 5 heteroatoms. The molecule has 2 rings (SSSR count). The largest absolute Gasteiger partial charge is 0.330 e. The number of nitrogens with two attached hydrogens (primary N) is 1. The van der Waals surface area contributed by atoms with Gasteiger partial charge in [-0.1, -0.05) is 13.8 Å². The molecule has 0 atom stereocenters. The maximum atomic E-state index is 12.0. The van der Waals surface area contributed by atoms with E-state index < -0.39 is 0 Å². The minimum atomic E-state index is -0.0470. The minimum Gasteiger partial charge on any atom is -0.330 e. The van der Waals surface area contributed by atoms with Crippen LogP contribution in [-0.2, 0) is 6.42 Å². The molecule has 0 amide bonds. The Morgan fingerprint density at radius 3 is 2.74 bits per heavy atom. The van der Waals surface area contributed by atoms with Gasteiger partial charge in [-0.25, -0.2) is 9.50 Å². The number of fused-ring (bicyclic) bond motifs is 1. The van der Waals surface area contributed by atoms with Gasteiger partial charge in [0.2, 0.25) is 0 Å². The van der Waals surface area contributed by atoms with Crippen molar-refractivity contribution in [2.24, 2.45) is 5.73 Å². The van der Waals surface area contributed by atoms with Crippen molar-refractivity contribution in [2.45, 2.75) is 45.4 Å². The van der Waals surface area contributed by atoms with E-state index in [2.05, 4.69) is 23.9 Å². The molecule has 5 nitrogen and oxygen atoms in total. The second-order valence-corrected chi connectivity index (χ2v) is 4.90. The van der Waals surface area contributed by atoms with Gasteiger partial charge in [0.25, 0.3) is 5.56 Å². The van der Waals surface area contributed by atoms with Gasteiger partial charge < -0.3 is 5.73 Å². The maximum absolute atomic E-state index is 12.0. The van der Waals surface area contributed by atoms with Gasteiger partial charge >= 0.3 is 0 Å². The monoisotopic (exact) mass is 262 g/mol. The van der Waals surface area contributed by atoms with Gasteiger partial charge in [-0.2, -0.15) is 0 Å². The summed E-state index contributed by atoms with van der Waals surface area (Å²) < 4.78 is 1.53. The highest BCUT2D eigenvalue weighted by Crippen LogP contribution is 2.21. The number of aromatic amines is 1. The molecule has 2 aromatic heterocycles. The van der Waals surface area contributed by atoms with Crippen LogP contribution in [0.2, 0.25) is 0 Å². The SMILES string of the molecule is CCC(CC)c1cc2nc(CCCN)cc(=O)n2[nH]1. The Labute approximate surface area is 112 Å². The summed E-state index contributed by atoms with van der Waals surface area (Å²) in [6, 6.07) is 3.58. The molecule has 0 aliphatic carbocycles. The van der Waals surface area contributed by atoms with Crippen LogP contribution in [0.4, 0.5) is 0 Å². The van der Waals surface area contributed by atoms with Crippen molar-refractivity contribution >= 4 is 5.65 Å². The molecule has 0 radical (unpaired) electrons. The third kappa shape index (κ3) is 2.87. The molecule has 0 spiro atoms. The van der Waals surface area contributed by atoms with E-state index in [-0.39, 0.29) is 5.56 Å². The summed E-state index contributed by atoms with van der Waals surface area (Å²) in [5.41, 5.74) is 8.07. The van der Waals surface area contributed by atoms with E-state index in [1.165, 1.54) is 4.52 Å². The first-order valence-corrected chi connectivity index (χ1v) is 7.01. The van der Waals surface area contributed by atoms with Crippen LogP contribution in [0.5, 0.6) is 0 Å². The number of aryl methyl sites for hydroxylation is 1. The quantitative estimate of drug-likeness (QED) is 0.833. The van der Waals surface area contributed by atoms with Gasteiger partial charge in [0.05, 0.1) is 0 Å². The normalized spacial score (nSPS) is 11.6. The zero-order chi connectivity index (χ0) is 13.8. The molecule has 0 saturated heterocycles. The zero-order valence-electron chi connectivity index (χ0n) is 11.6. The molecule has 0 aliphatic rings. The zero-order valence-corrected chi connectivity index (χ0v) is 11.6. The van der Waals surface area contributed by atoms with E-state index in [0.29, 0.717) is 18.1 Å². The summed E-state index contributed by atoms with van der Waals surface area (Å²) in [6.45, 7) is 4.93. The molecule has 19 heavy (non-hydrogen) atoms. The Bertz CT molecular complexity index is 595. The smallest absolute Gasteiger partial charge is 0.272 e. The molecule has 3 N–H and O–H groups in total. The Balaban J connectivity index is 2.41. The van der Waals surface area contributed by atoms with E-state index >= 15 is 0 Å². The lowest BCUT2D eigenvalue weighted by Crippen LogP contribution is -2.16. The fourth-order valence-electron chi connectivity index (χ4n) is 2.41. The fourth-order valence-corrected chi connectivity index (χ4v) is 2.41. The predicted octanol–water partition coefficient (Wildman–Crippen LogP) is 1.82. The fraction of sp³-hybridized carbons (Fsp3) is 0.571. The second-order valence-electron chi connectivity index (χ2n) is 4.90. The molecule has 2 heterocycles. The molecular weight excluding hydrogens is 240 g/mol. The summed E-state index contributed by atoms with van der Waals surface area (Å²) in [6.07, 6.45) is 3.72. The Morgan fingerprint density at radius 1 is 1.37 bits per heavy atom. The lowest BCUT2D eigenvalue weighted by Gasteiger charge is -2.08. The van der Waals surface area contributed by atoms with E-state index in [1.807, 2.05) is 6.07 Å². The standard InChI is InChI=1S/C14H22N4O/c1-3-10(4-2)12-9-13-16-11(6-5-7-15)8-14(19)18(13)17-12/h8-10,17H,3-7,15H2,1-2H3. The number of hydrogen-bond acceptors (Lipinski definition) is 3. The highest BCUT2D eigenvalue weighted by atomic mass is 16.1. The first-order chi connectivity index (χ1) is 9.19. The molecule has 0 aliphatic heterocycles. The van der Waals surface area contributed by atoms with Gasteiger partial charge in [0.1, 0.15) is 0 Å². The predicted molar refractivity (Wildman–Crippen MR) is 76.5 cm³/mol. The number of nitrogens with zero attached hydrogens (tertiary/aromatic N) is 2.